The van der Waals surface area contributed by atoms with Gasteiger partial charge in [0, 0.05) is 50.4 Å². The van der Waals surface area contributed by atoms with E-state index in [1.807, 2.05) is 18.3 Å². The molecule has 0 unspecified atom stereocenters. The van der Waals surface area contributed by atoms with Gasteiger partial charge in [-0.05, 0) is 71.8 Å². The molecule has 0 saturated heterocycles. The van der Waals surface area contributed by atoms with E-state index in [1.54, 1.807) is 6.20 Å². The number of para-hydroxylation sites is 2. The van der Waals surface area contributed by atoms with Crippen LogP contribution in [0.5, 0.6) is 0 Å². The van der Waals surface area contributed by atoms with E-state index in [1.165, 1.54) is 21.8 Å². The van der Waals surface area contributed by atoms with Crippen molar-refractivity contribution in [3.8, 4) is 16.8 Å². The van der Waals surface area contributed by atoms with Crippen molar-refractivity contribution in [1.82, 2.24) is 9.55 Å². The minimum atomic E-state index is 0.853. The molecule has 4 aromatic heterocycles. The number of furan rings is 2. The van der Waals surface area contributed by atoms with Crippen molar-refractivity contribution in [2.75, 3.05) is 0 Å². The van der Waals surface area contributed by atoms with Crippen molar-refractivity contribution >= 4 is 65.7 Å². The lowest BCUT2D eigenvalue weighted by Crippen LogP contribution is -1.93. The molecule has 0 atom stereocenters. The minimum absolute atomic E-state index is 0.853. The first-order chi connectivity index (χ1) is 19.3. The van der Waals surface area contributed by atoms with Gasteiger partial charge in [0.25, 0.3) is 0 Å². The summed E-state index contributed by atoms with van der Waals surface area (Å²) >= 11 is 0. The fourth-order valence-corrected chi connectivity index (χ4v) is 6.09. The smallest absolute Gasteiger partial charge is 0.138 e. The van der Waals surface area contributed by atoms with E-state index in [4.69, 9.17) is 8.83 Å². The third-order valence-electron chi connectivity index (χ3n) is 7.90. The Morgan fingerprint density at radius 2 is 1.00 bits per heavy atom. The van der Waals surface area contributed by atoms with Gasteiger partial charge in [-0.15, -0.1) is 0 Å². The summed E-state index contributed by atoms with van der Waals surface area (Å²) in [6.07, 6.45) is 3.63. The molecule has 4 heteroatoms. The lowest BCUT2D eigenvalue weighted by Gasteiger charge is -2.08. The van der Waals surface area contributed by atoms with Crippen LogP contribution in [0.3, 0.4) is 0 Å². The van der Waals surface area contributed by atoms with Crippen LogP contribution in [0.2, 0.25) is 0 Å². The molecule has 182 valence electrons. The number of fused-ring (bicyclic) bond motifs is 9. The Morgan fingerprint density at radius 3 is 1.67 bits per heavy atom. The predicted molar refractivity (Wildman–Crippen MR) is 159 cm³/mol. The third-order valence-corrected chi connectivity index (χ3v) is 7.90. The van der Waals surface area contributed by atoms with Crippen molar-refractivity contribution in [1.29, 1.82) is 0 Å². The average molecular weight is 501 g/mol. The second-order valence-corrected chi connectivity index (χ2v) is 10.0. The number of nitrogens with zero attached hydrogens (tertiary/aromatic N) is 2. The quantitative estimate of drug-likeness (QED) is 0.237. The van der Waals surface area contributed by atoms with Crippen LogP contribution in [-0.2, 0) is 0 Å². The summed E-state index contributed by atoms with van der Waals surface area (Å²) in [6, 6.07) is 38.4. The van der Waals surface area contributed by atoms with E-state index in [9.17, 15) is 0 Å². The van der Waals surface area contributed by atoms with Gasteiger partial charge in [0.05, 0.1) is 11.0 Å². The normalized spacial score (nSPS) is 12.1. The first kappa shape index (κ1) is 20.7. The molecule has 0 bridgehead atoms. The summed E-state index contributed by atoms with van der Waals surface area (Å²) in [5, 5.41) is 6.81. The Bertz CT molecular complexity index is 2350. The lowest BCUT2D eigenvalue weighted by atomic mass is 10.0. The third kappa shape index (κ3) is 2.91. The van der Waals surface area contributed by atoms with E-state index >= 15 is 0 Å². The van der Waals surface area contributed by atoms with Crippen molar-refractivity contribution in [3.63, 3.8) is 0 Å². The van der Waals surface area contributed by atoms with Crippen LogP contribution in [0, 0.1) is 0 Å². The number of pyridine rings is 1. The molecule has 0 saturated carbocycles. The Balaban J connectivity index is 1.26. The Kier molecular flexibility index (Phi) is 4.02. The predicted octanol–water partition coefficient (Wildman–Crippen LogP) is 9.64. The molecule has 4 heterocycles. The average Bonchev–Trinajstić information content (AvgIpc) is 3.65. The molecule has 0 fully saturated rings. The van der Waals surface area contributed by atoms with Gasteiger partial charge in [-0.2, -0.15) is 0 Å². The van der Waals surface area contributed by atoms with Crippen LogP contribution in [0.1, 0.15) is 0 Å². The molecule has 0 spiro atoms. The van der Waals surface area contributed by atoms with Crippen molar-refractivity contribution in [3.05, 3.63) is 122 Å². The molecule has 9 rings (SSSR count). The SMILES string of the molecule is c1ccc2c(c1)c1ccccc1n2-c1ccc2oc3ccc(-c4ccc5oc6ccncc6c5c4)cc3c2c1. The molecule has 39 heavy (non-hydrogen) atoms. The Hall–Kier alpha value is -5.35. The monoisotopic (exact) mass is 500 g/mol. The van der Waals surface area contributed by atoms with Gasteiger partial charge in [0.2, 0.25) is 0 Å². The van der Waals surface area contributed by atoms with E-state index in [2.05, 4.69) is 107 Å². The number of aromatic nitrogens is 2. The van der Waals surface area contributed by atoms with Crippen LogP contribution in [0.25, 0.3) is 82.5 Å². The Labute approximate surface area is 222 Å². The summed E-state index contributed by atoms with van der Waals surface area (Å²) in [4.78, 5) is 4.30. The number of hydrogen-bond acceptors (Lipinski definition) is 3. The first-order valence-electron chi connectivity index (χ1n) is 13.0. The van der Waals surface area contributed by atoms with Crippen molar-refractivity contribution in [2.24, 2.45) is 0 Å². The first-order valence-corrected chi connectivity index (χ1v) is 13.0. The molecule has 0 aliphatic carbocycles. The molecule has 0 N–H and O–H groups in total. The number of benzene rings is 5. The van der Waals surface area contributed by atoms with E-state index < -0.39 is 0 Å². The molecule has 9 aromatic rings. The van der Waals surface area contributed by atoms with E-state index in [0.29, 0.717) is 0 Å². The van der Waals surface area contributed by atoms with Gasteiger partial charge in [-0.3, -0.25) is 4.98 Å². The van der Waals surface area contributed by atoms with E-state index in [0.717, 1.165) is 60.7 Å². The van der Waals surface area contributed by atoms with Crippen molar-refractivity contribution < 1.29 is 8.83 Å². The number of rotatable bonds is 2. The summed E-state index contributed by atoms with van der Waals surface area (Å²) in [5.74, 6) is 0. The van der Waals surface area contributed by atoms with Gasteiger partial charge in [-0.25, -0.2) is 0 Å². The second kappa shape index (κ2) is 7.59. The van der Waals surface area contributed by atoms with Gasteiger partial charge < -0.3 is 13.4 Å². The summed E-state index contributed by atoms with van der Waals surface area (Å²) in [5.41, 5.74) is 9.26. The molecule has 5 aromatic carbocycles. The largest absolute Gasteiger partial charge is 0.456 e. The molecule has 0 radical (unpaired) electrons. The summed E-state index contributed by atoms with van der Waals surface area (Å²) < 4.78 is 14.6. The lowest BCUT2D eigenvalue weighted by molar-refractivity contribution is 0.668. The number of hydrogen-bond donors (Lipinski definition) is 0. The van der Waals surface area contributed by atoms with Gasteiger partial charge in [-0.1, -0.05) is 48.5 Å². The van der Waals surface area contributed by atoms with Gasteiger partial charge >= 0.3 is 0 Å². The van der Waals surface area contributed by atoms with Gasteiger partial charge in [0.15, 0.2) is 0 Å². The topological polar surface area (TPSA) is 44.1 Å². The zero-order valence-electron chi connectivity index (χ0n) is 20.8. The minimum Gasteiger partial charge on any atom is -0.456 e. The fraction of sp³-hybridized carbons (Fsp3) is 0. The van der Waals surface area contributed by atoms with Crippen LogP contribution in [-0.4, -0.2) is 9.55 Å². The molecular weight excluding hydrogens is 480 g/mol. The highest BCUT2D eigenvalue weighted by molar-refractivity contribution is 6.11. The highest BCUT2D eigenvalue weighted by Crippen LogP contribution is 2.38. The highest BCUT2D eigenvalue weighted by atomic mass is 16.3. The molecular formula is C35H20N2O2. The van der Waals surface area contributed by atoms with E-state index in [-0.39, 0.29) is 0 Å². The van der Waals surface area contributed by atoms with Crippen molar-refractivity contribution in [2.45, 2.75) is 0 Å². The standard InChI is InChI=1S/C35H20N2O2/c1-3-7-30-24(5-1)25-6-2-4-8-31(25)37(30)23-11-14-34-28(19-23)26-17-21(9-12-32(26)38-34)22-10-13-33-27(18-22)29-20-36-16-15-35(29)39-33/h1-20H. The fourth-order valence-electron chi connectivity index (χ4n) is 6.09. The zero-order chi connectivity index (χ0) is 25.5. The van der Waals surface area contributed by atoms with Crippen LogP contribution >= 0.6 is 0 Å². The summed E-state index contributed by atoms with van der Waals surface area (Å²) in [7, 11) is 0. The molecule has 0 aliphatic rings. The van der Waals surface area contributed by atoms with Crippen LogP contribution < -0.4 is 0 Å². The maximum Gasteiger partial charge on any atom is 0.138 e. The maximum atomic E-state index is 6.27. The molecule has 0 amide bonds. The van der Waals surface area contributed by atoms with Crippen LogP contribution in [0.4, 0.5) is 0 Å². The second-order valence-electron chi connectivity index (χ2n) is 10.0. The van der Waals surface area contributed by atoms with Gasteiger partial charge in [0.1, 0.15) is 22.3 Å². The molecule has 4 nitrogen and oxygen atoms in total. The van der Waals surface area contributed by atoms with Crippen LogP contribution in [0.15, 0.2) is 130 Å². The summed E-state index contributed by atoms with van der Waals surface area (Å²) in [6.45, 7) is 0. The zero-order valence-corrected chi connectivity index (χ0v) is 20.8. The maximum absolute atomic E-state index is 6.27. The highest BCUT2D eigenvalue weighted by Gasteiger charge is 2.15. The Morgan fingerprint density at radius 1 is 0.462 bits per heavy atom. The molecule has 0 aliphatic heterocycles.